The zero-order valence-corrected chi connectivity index (χ0v) is 16.9. The third-order valence-corrected chi connectivity index (χ3v) is 4.85. The molecule has 0 radical (unpaired) electrons. The number of ether oxygens (including phenoxy) is 1. The molecule has 1 saturated heterocycles. The van der Waals surface area contributed by atoms with E-state index in [1.54, 1.807) is 35.1 Å². The number of anilines is 1. The molecule has 156 valence electrons. The number of halogens is 1. The van der Waals surface area contributed by atoms with Crippen molar-refractivity contribution < 1.29 is 18.6 Å². The minimum atomic E-state index is -0.511. The predicted octanol–water partition coefficient (Wildman–Crippen LogP) is 2.25. The summed E-state index contributed by atoms with van der Waals surface area (Å²) in [6, 6.07) is 6.22. The second kappa shape index (κ2) is 8.15. The molecule has 1 atom stereocenters. The van der Waals surface area contributed by atoms with Gasteiger partial charge in [0.15, 0.2) is 5.69 Å². The monoisotopic (exact) mass is 412 g/mol. The smallest absolute Gasteiger partial charge is 0.278 e. The summed E-state index contributed by atoms with van der Waals surface area (Å²) in [4.78, 5) is 25.3. The van der Waals surface area contributed by atoms with E-state index in [4.69, 9.17) is 4.74 Å². The van der Waals surface area contributed by atoms with Gasteiger partial charge in [0.05, 0.1) is 18.8 Å². The molecule has 1 aromatic carbocycles. The summed E-state index contributed by atoms with van der Waals surface area (Å²) in [7, 11) is 3.66. The fourth-order valence-electron chi connectivity index (χ4n) is 3.30. The summed E-state index contributed by atoms with van der Waals surface area (Å²) in [6.07, 6.45) is 1.14. The Morgan fingerprint density at radius 2 is 2.13 bits per heavy atom. The van der Waals surface area contributed by atoms with Crippen LogP contribution in [0.5, 0.6) is 0 Å². The molecule has 1 aliphatic rings. The zero-order valence-electron chi connectivity index (χ0n) is 16.9. The number of hydrogen-bond acceptors (Lipinski definition) is 8. The van der Waals surface area contributed by atoms with Crippen LogP contribution in [0.25, 0.3) is 11.1 Å². The number of hydrogen-bond donors (Lipinski definition) is 0. The maximum Gasteiger partial charge on any atom is 0.278 e. The lowest BCUT2D eigenvalue weighted by atomic mass is 10.0. The lowest BCUT2D eigenvalue weighted by Crippen LogP contribution is -2.43. The van der Waals surface area contributed by atoms with Gasteiger partial charge in [-0.15, -0.1) is 0 Å². The van der Waals surface area contributed by atoms with Crippen LogP contribution in [-0.2, 0) is 4.74 Å². The van der Waals surface area contributed by atoms with Crippen molar-refractivity contribution in [3.63, 3.8) is 0 Å². The van der Waals surface area contributed by atoms with E-state index in [1.165, 1.54) is 12.1 Å². The van der Waals surface area contributed by atoms with Crippen molar-refractivity contribution in [2.45, 2.75) is 13.0 Å². The molecule has 3 aromatic rings. The van der Waals surface area contributed by atoms with Crippen molar-refractivity contribution >= 4 is 11.9 Å². The van der Waals surface area contributed by atoms with E-state index in [0.717, 1.165) is 0 Å². The molecule has 9 nitrogen and oxygen atoms in total. The number of carbonyl (C=O) groups excluding carboxylic acids is 1. The standard InChI is InChI=1S/C20H21FN6O3/c1-12-17(25-30-24-12)19(28)27-7-8-29-16(11-27)18-15(10-22-20(23-18)26(2)3)13-5-4-6-14(21)9-13/h4-6,9-10,16H,7-8,11H2,1-3H3. The van der Waals surface area contributed by atoms with Crippen molar-refractivity contribution in [3.8, 4) is 11.1 Å². The first-order valence-electron chi connectivity index (χ1n) is 9.44. The Morgan fingerprint density at radius 1 is 1.30 bits per heavy atom. The predicted molar refractivity (Wildman–Crippen MR) is 105 cm³/mol. The highest BCUT2D eigenvalue weighted by Gasteiger charge is 2.31. The van der Waals surface area contributed by atoms with Gasteiger partial charge in [0, 0.05) is 32.4 Å². The molecular weight excluding hydrogens is 391 g/mol. The molecule has 0 spiro atoms. The van der Waals surface area contributed by atoms with E-state index in [-0.39, 0.29) is 24.0 Å². The quantitative estimate of drug-likeness (QED) is 0.644. The molecule has 0 N–H and O–H groups in total. The Labute approximate surface area is 172 Å². The number of morpholine rings is 1. The lowest BCUT2D eigenvalue weighted by Gasteiger charge is -2.33. The van der Waals surface area contributed by atoms with Gasteiger partial charge in [0.25, 0.3) is 5.91 Å². The van der Waals surface area contributed by atoms with Crippen LogP contribution in [0.2, 0.25) is 0 Å². The number of nitrogens with zero attached hydrogens (tertiary/aromatic N) is 6. The Balaban J connectivity index is 1.70. The Kier molecular flexibility index (Phi) is 5.40. The molecule has 2 aromatic heterocycles. The SMILES string of the molecule is Cc1nonc1C(=O)N1CCOC(c2nc(N(C)C)ncc2-c2cccc(F)c2)C1. The molecule has 1 amide bonds. The second-order valence-electron chi connectivity index (χ2n) is 7.18. The van der Waals surface area contributed by atoms with Crippen LogP contribution < -0.4 is 4.90 Å². The fraction of sp³-hybridized carbons (Fsp3) is 0.350. The average Bonchev–Trinajstić information content (AvgIpc) is 3.18. The van der Waals surface area contributed by atoms with Gasteiger partial charge in [0.1, 0.15) is 17.6 Å². The van der Waals surface area contributed by atoms with Crippen LogP contribution >= 0.6 is 0 Å². The average molecular weight is 412 g/mol. The second-order valence-corrected chi connectivity index (χ2v) is 7.18. The van der Waals surface area contributed by atoms with Gasteiger partial charge >= 0.3 is 0 Å². The van der Waals surface area contributed by atoms with Gasteiger partial charge in [-0.25, -0.2) is 19.0 Å². The Hall–Kier alpha value is -3.40. The number of aryl methyl sites for hydroxylation is 1. The third-order valence-electron chi connectivity index (χ3n) is 4.85. The molecule has 0 bridgehead atoms. The van der Waals surface area contributed by atoms with Crippen LogP contribution in [-0.4, -0.2) is 64.9 Å². The maximum absolute atomic E-state index is 13.8. The highest BCUT2D eigenvalue weighted by molar-refractivity contribution is 5.93. The van der Waals surface area contributed by atoms with Gasteiger partial charge in [-0.3, -0.25) is 4.79 Å². The van der Waals surface area contributed by atoms with Crippen LogP contribution in [0.4, 0.5) is 10.3 Å². The zero-order chi connectivity index (χ0) is 21.3. The number of rotatable bonds is 4. The summed E-state index contributed by atoms with van der Waals surface area (Å²) in [6.45, 7) is 2.65. The first kappa shape index (κ1) is 19.9. The number of benzene rings is 1. The summed E-state index contributed by atoms with van der Waals surface area (Å²) < 4.78 is 24.5. The largest absolute Gasteiger partial charge is 0.368 e. The lowest BCUT2D eigenvalue weighted by molar-refractivity contribution is -0.0247. The molecular formula is C20H21FN6O3. The Bertz CT molecular complexity index is 1070. The third kappa shape index (κ3) is 3.86. The molecule has 1 unspecified atom stereocenters. The summed E-state index contributed by atoms with van der Waals surface area (Å²) in [5.74, 6) is -0.143. The normalized spacial score (nSPS) is 16.5. The van der Waals surface area contributed by atoms with Gasteiger partial charge in [-0.2, -0.15) is 0 Å². The number of amides is 1. The van der Waals surface area contributed by atoms with E-state index < -0.39 is 6.10 Å². The van der Waals surface area contributed by atoms with Gasteiger partial charge in [-0.05, 0) is 29.8 Å². The van der Waals surface area contributed by atoms with Gasteiger partial charge in [0.2, 0.25) is 5.95 Å². The highest BCUT2D eigenvalue weighted by atomic mass is 19.1. The number of aromatic nitrogens is 4. The van der Waals surface area contributed by atoms with Crippen LogP contribution in [0, 0.1) is 12.7 Å². The van der Waals surface area contributed by atoms with Gasteiger partial charge in [-0.1, -0.05) is 17.3 Å². The summed E-state index contributed by atoms with van der Waals surface area (Å²) in [5.41, 5.74) is 2.49. The molecule has 30 heavy (non-hydrogen) atoms. The molecule has 0 saturated carbocycles. The molecule has 1 fully saturated rings. The van der Waals surface area contributed by atoms with Crippen molar-refractivity contribution in [1.82, 2.24) is 25.2 Å². The van der Waals surface area contributed by atoms with E-state index >= 15 is 0 Å². The molecule has 1 aliphatic heterocycles. The molecule has 10 heteroatoms. The maximum atomic E-state index is 13.8. The van der Waals surface area contributed by atoms with Crippen LogP contribution in [0.1, 0.15) is 28.0 Å². The van der Waals surface area contributed by atoms with Crippen LogP contribution in [0.15, 0.2) is 35.1 Å². The molecule has 4 rings (SSSR count). The molecule has 3 heterocycles. The summed E-state index contributed by atoms with van der Waals surface area (Å²) >= 11 is 0. The first-order chi connectivity index (χ1) is 14.4. The highest BCUT2D eigenvalue weighted by Crippen LogP contribution is 2.32. The van der Waals surface area contributed by atoms with Crippen LogP contribution in [0.3, 0.4) is 0 Å². The Morgan fingerprint density at radius 3 is 2.83 bits per heavy atom. The van der Waals surface area contributed by atoms with Crippen molar-refractivity contribution in [2.24, 2.45) is 0 Å². The topological polar surface area (TPSA) is 97.5 Å². The van der Waals surface area contributed by atoms with Crippen molar-refractivity contribution in [2.75, 3.05) is 38.7 Å². The number of carbonyl (C=O) groups is 1. The van der Waals surface area contributed by atoms with Gasteiger partial charge < -0.3 is 14.5 Å². The van der Waals surface area contributed by atoms with Crippen molar-refractivity contribution in [1.29, 1.82) is 0 Å². The van der Waals surface area contributed by atoms with E-state index in [1.807, 2.05) is 14.1 Å². The summed E-state index contributed by atoms with van der Waals surface area (Å²) in [5, 5.41) is 7.38. The fourth-order valence-corrected chi connectivity index (χ4v) is 3.30. The minimum Gasteiger partial charge on any atom is -0.368 e. The van der Waals surface area contributed by atoms with E-state index in [9.17, 15) is 9.18 Å². The first-order valence-corrected chi connectivity index (χ1v) is 9.44. The minimum absolute atomic E-state index is 0.178. The van der Waals surface area contributed by atoms with Crippen molar-refractivity contribution in [3.05, 3.63) is 53.4 Å². The van der Waals surface area contributed by atoms with E-state index in [2.05, 4.69) is 24.9 Å². The van der Waals surface area contributed by atoms with E-state index in [0.29, 0.717) is 41.6 Å². The molecule has 0 aliphatic carbocycles.